The molecule has 0 amide bonds. The number of benzene rings is 1. The van der Waals surface area contributed by atoms with Gasteiger partial charge in [-0.15, -0.1) is 0 Å². The molecule has 2 aliphatic rings. The molecule has 110 valence electrons. The normalized spacial score (nSPS) is 26.8. The molecule has 1 saturated heterocycles. The molecule has 2 atom stereocenters. The summed E-state index contributed by atoms with van der Waals surface area (Å²) in [7, 11) is 0. The summed E-state index contributed by atoms with van der Waals surface area (Å²) in [6.07, 6.45) is 8.38. The van der Waals surface area contributed by atoms with Gasteiger partial charge in [0.2, 0.25) is 0 Å². The van der Waals surface area contributed by atoms with Crippen LogP contribution in [0.2, 0.25) is 0 Å². The number of halogens is 1. The Labute approximate surface area is 130 Å². The highest BCUT2D eigenvalue weighted by Gasteiger charge is 2.41. The molecule has 1 spiro atoms. The zero-order chi connectivity index (χ0) is 14.0. The van der Waals surface area contributed by atoms with E-state index in [1.54, 1.807) is 0 Å². The van der Waals surface area contributed by atoms with Crippen LogP contribution in [0.25, 0.3) is 0 Å². The van der Waals surface area contributed by atoms with Crippen molar-refractivity contribution >= 4 is 15.9 Å². The van der Waals surface area contributed by atoms with E-state index in [0.717, 1.165) is 19.4 Å². The molecular formula is C17H24BrNO. The predicted octanol–water partition coefficient (Wildman–Crippen LogP) is 4.06. The summed E-state index contributed by atoms with van der Waals surface area (Å²) in [6, 6.07) is 8.67. The number of ether oxygens (including phenoxy) is 1. The Morgan fingerprint density at radius 1 is 1.30 bits per heavy atom. The van der Waals surface area contributed by atoms with Crippen LogP contribution in [-0.4, -0.2) is 18.2 Å². The summed E-state index contributed by atoms with van der Waals surface area (Å²) in [5.41, 5.74) is 8.02. The van der Waals surface area contributed by atoms with E-state index in [0.29, 0.717) is 5.92 Å². The van der Waals surface area contributed by atoms with Crippen LogP contribution in [0.15, 0.2) is 28.7 Å². The SMILES string of the molecule is NC(Cc1ccccc1Br)C1CCOC2(CCCC2)C1. The third kappa shape index (κ3) is 3.10. The zero-order valence-electron chi connectivity index (χ0n) is 12.0. The van der Waals surface area contributed by atoms with E-state index in [2.05, 4.69) is 40.2 Å². The van der Waals surface area contributed by atoms with Crippen LogP contribution in [-0.2, 0) is 11.2 Å². The van der Waals surface area contributed by atoms with Crippen molar-refractivity contribution in [2.45, 2.75) is 56.6 Å². The number of nitrogens with two attached hydrogens (primary N) is 1. The summed E-state index contributed by atoms with van der Waals surface area (Å²) in [5.74, 6) is 0.606. The maximum Gasteiger partial charge on any atom is 0.0685 e. The highest BCUT2D eigenvalue weighted by molar-refractivity contribution is 9.10. The Bertz CT molecular complexity index is 456. The Hall–Kier alpha value is -0.380. The van der Waals surface area contributed by atoms with E-state index in [9.17, 15) is 0 Å². The van der Waals surface area contributed by atoms with Gasteiger partial charge in [-0.2, -0.15) is 0 Å². The topological polar surface area (TPSA) is 35.2 Å². The first-order valence-corrected chi connectivity index (χ1v) is 8.61. The van der Waals surface area contributed by atoms with E-state index in [4.69, 9.17) is 10.5 Å². The molecule has 0 aromatic heterocycles. The minimum atomic E-state index is 0.175. The average Bonchev–Trinajstić information content (AvgIpc) is 2.89. The quantitative estimate of drug-likeness (QED) is 0.902. The van der Waals surface area contributed by atoms with E-state index >= 15 is 0 Å². The van der Waals surface area contributed by atoms with Crippen LogP contribution in [0.4, 0.5) is 0 Å². The van der Waals surface area contributed by atoms with Gasteiger partial charge in [0, 0.05) is 17.1 Å². The van der Waals surface area contributed by atoms with Crippen molar-refractivity contribution < 1.29 is 4.74 Å². The second kappa shape index (κ2) is 6.17. The Balaban J connectivity index is 1.65. The van der Waals surface area contributed by atoms with Crippen molar-refractivity contribution in [2.75, 3.05) is 6.61 Å². The highest BCUT2D eigenvalue weighted by Crippen LogP contribution is 2.43. The van der Waals surface area contributed by atoms with Crippen LogP contribution in [0, 0.1) is 5.92 Å². The molecule has 1 aliphatic carbocycles. The molecule has 1 aromatic rings. The van der Waals surface area contributed by atoms with Gasteiger partial charge in [-0.05, 0) is 49.7 Å². The van der Waals surface area contributed by atoms with Crippen LogP contribution in [0.1, 0.15) is 44.1 Å². The van der Waals surface area contributed by atoms with Crippen molar-refractivity contribution in [1.29, 1.82) is 0 Å². The molecular weight excluding hydrogens is 314 g/mol. The van der Waals surface area contributed by atoms with Crippen LogP contribution >= 0.6 is 15.9 Å². The lowest BCUT2D eigenvalue weighted by atomic mass is 9.79. The standard InChI is InChI=1S/C17H24BrNO/c18-15-6-2-1-5-13(15)11-16(19)14-7-10-20-17(12-14)8-3-4-9-17/h1-2,5-6,14,16H,3-4,7-12,19H2. The highest BCUT2D eigenvalue weighted by atomic mass is 79.9. The van der Waals surface area contributed by atoms with E-state index in [1.165, 1.54) is 42.1 Å². The van der Waals surface area contributed by atoms with Gasteiger partial charge in [0.15, 0.2) is 0 Å². The first-order valence-electron chi connectivity index (χ1n) is 7.81. The molecule has 2 unspecified atom stereocenters. The van der Waals surface area contributed by atoms with Gasteiger partial charge in [-0.1, -0.05) is 47.0 Å². The zero-order valence-corrected chi connectivity index (χ0v) is 13.6. The fourth-order valence-corrected chi connectivity index (χ4v) is 4.33. The third-order valence-corrected chi connectivity index (χ3v) is 5.84. The van der Waals surface area contributed by atoms with E-state index in [1.807, 2.05) is 0 Å². The number of hydrogen-bond donors (Lipinski definition) is 1. The molecule has 2 N–H and O–H groups in total. The summed E-state index contributed by atoms with van der Waals surface area (Å²) >= 11 is 3.63. The molecule has 1 aliphatic heterocycles. The van der Waals surface area contributed by atoms with Gasteiger partial charge < -0.3 is 10.5 Å². The molecule has 2 nitrogen and oxygen atoms in total. The first-order chi connectivity index (χ1) is 9.69. The maximum atomic E-state index is 6.52. The van der Waals surface area contributed by atoms with Gasteiger partial charge in [0.05, 0.1) is 5.60 Å². The molecule has 20 heavy (non-hydrogen) atoms. The molecule has 0 bridgehead atoms. The van der Waals surface area contributed by atoms with Crippen molar-refractivity contribution in [2.24, 2.45) is 11.7 Å². The summed E-state index contributed by atoms with van der Waals surface area (Å²) in [4.78, 5) is 0. The van der Waals surface area contributed by atoms with Crippen LogP contribution in [0.5, 0.6) is 0 Å². The van der Waals surface area contributed by atoms with Gasteiger partial charge in [0.25, 0.3) is 0 Å². The second-order valence-electron chi connectivity index (χ2n) is 6.45. The van der Waals surface area contributed by atoms with Gasteiger partial charge in [0.1, 0.15) is 0 Å². The first kappa shape index (κ1) is 14.6. The van der Waals surface area contributed by atoms with E-state index in [-0.39, 0.29) is 11.6 Å². The molecule has 1 aromatic carbocycles. The molecule has 0 radical (unpaired) electrons. The fraction of sp³-hybridized carbons (Fsp3) is 0.647. The lowest BCUT2D eigenvalue weighted by Gasteiger charge is -2.40. The van der Waals surface area contributed by atoms with E-state index < -0.39 is 0 Å². The lowest BCUT2D eigenvalue weighted by molar-refractivity contribution is -0.0960. The Morgan fingerprint density at radius 2 is 2.05 bits per heavy atom. The second-order valence-corrected chi connectivity index (χ2v) is 7.31. The monoisotopic (exact) mass is 337 g/mol. The molecule has 3 rings (SSSR count). The third-order valence-electron chi connectivity index (χ3n) is 5.06. The summed E-state index contributed by atoms with van der Waals surface area (Å²) < 4.78 is 7.29. The molecule has 1 saturated carbocycles. The number of rotatable bonds is 3. The Kier molecular flexibility index (Phi) is 4.49. The maximum absolute atomic E-state index is 6.52. The van der Waals surface area contributed by atoms with Gasteiger partial charge in [-0.25, -0.2) is 0 Å². The minimum Gasteiger partial charge on any atom is -0.375 e. The smallest absolute Gasteiger partial charge is 0.0685 e. The van der Waals surface area contributed by atoms with Crippen molar-refractivity contribution in [1.82, 2.24) is 0 Å². The van der Waals surface area contributed by atoms with Gasteiger partial charge >= 0.3 is 0 Å². The Morgan fingerprint density at radius 3 is 2.80 bits per heavy atom. The summed E-state index contributed by atoms with van der Waals surface area (Å²) in [6.45, 7) is 0.897. The lowest BCUT2D eigenvalue weighted by Crippen LogP contribution is -2.44. The number of hydrogen-bond acceptors (Lipinski definition) is 2. The van der Waals surface area contributed by atoms with Crippen molar-refractivity contribution in [3.8, 4) is 0 Å². The van der Waals surface area contributed by atoms with Crippen molar-refractivity contribution in [3.05, 3.63) is 34.3 Å². The largest absolute Gasteiger partial charge is 0.375 e. The molecule has 1 heterocycles. The average molecular weight is 338 g/mol. The molecule has 2 fully saturated rings. The fourth-order valence-electron chi connectivity index (χ4n) is 3.88. The summed E-state index contributed by atoms with van der Waals surface area (Å²) in [5, 5.41) is 0. The van der Waals surface area contributed by atoms with Crippen LogP contribution < -0.4 is 5.73 Å². The van der Waals surface area contributed by atoms with Crippen molar-refractivity contribution in [3.63, 3.8) is 0 Å². The minimum absolute atomic E-state index is 0.175. The predicted molar refractivity (Wildman–Crippen MR) is 85.7 cm³/mol. The molecule has 3 heteroatoms. The van der Waals surface area contributed by atoms with Gasteiger partial charge in [-0.3, -0.25) is 0 Å². The van der Waals surface area contributed by atoms with Crippen LogP contribution in [0.3, 0.4) is 0 Å².